The average Bonchev–Trinajstić information content (AvgIpc) is 3.46. The predicted molar refractivity (Wildman–Crippen MR) is 180 cm³/mol. The van der Waals surface area contributed by atoms with Gasteiger partial charge in [0.05, 0.1) is 12.8 Å². The second-order valence-corrected chi connectivity index (χ2v) is 9.66. The molecule has 6 nitrogen and oxygen atoms in total. The van der Waals surface area contributed by atoms with Crippen molar-refractivity contribution in [1.82, 2.24) is 14.7 Å². The van der Waals surface area contributed by atoms with Crippen LogP contribution in [0.4, 0.5) is 4.39 Å². The molecular formula is C37H48FN3O3. The summed E-state index contributed by atoms with van der Waals surface area (Å²) < 4.78 is 19.6. The van der Waals surface area contributed by atoms with Crippen LogP contribution in [-0.4, -0.2) is 46.6 Å². The molecule has 0 aliphatic heterocycles. The maximum Gasteiger partial charge on any atom is 0.274 e. The van der Waals surface area contributed by atoms with Gasteiger partial charge in [0.2, 0.25) is 0 Å². The van der Waals surface area contributed by atoms with Crippen LogP contribution in [0.15, 0.2) is 67.3 Å². The van der Waals surface area contributed by atoms with Gasteiger partial charge >= 0.3 is 0 Å². The molecule has 1 amide bonds. The van der Waals surface area contributed by atoms with Crippen molar-refractivity contribution in [2.45, 2.75) is 73.6 Å². The van der Waals surface area contributed by atoms with Crippen LogP contribution in [0.25, 0.3) is 5.70 Å². The third-order valence-corrected chi connectivity index (χ3v) is 6.53. The molecule has 0 bridgehead atoms. The standard InChI is InChI=1S/C27H35N3O2.C8H7FO.C2H6/c1-7-12-18-29(17-10-4)27(31)24-20-23(13-8-2)30(28-24)25(14-9-3)22-15-16-26(32-6)21(11-5)19-22;1-6(10)7-2-4-8(9)5-3-7;1-2/h1,9,14-16,19-20H,3,8,10-13,17-18H2,2,4-6H3;2-5H,1H3;1-2H3/b25-14-;;. The number of nitrogens with zero attached hydrogens (tertiary/aromatic N) is 3. The second-order valence-electron chi connectivity index (χ2n) is 9.66. The number of amides is 1. The van der Waals surface area contributed by atoms with E-state index >= 15 is 0 Å². The second kappa shape index (κ2) is 20.5. The Hall–Kier alpha value is -4.44. The van der Waals surface area contributed by atoms with Crippen LogP contribution in [0.5, 0.6) is 5.75 Å². The molecule has 2 aromatic carbocycles. The van der Waals surface area contributed by atoms with Gasteiger partial charge in [0, 0.05) is 36.3 Å². The van der Waals surface area contributed by atoms with Gasteiger partial charge in [-0.25, -0.2) is 9.07 Å². The molecule has 44 heavy (non-hydrogen) atoms. The number of halogens is 1. The number of carbonyl (C=O) groups is 2. The highest BCUT2D eigenvalue weighted by molar-refractivity contribution is 5.94. The number of ether oxygens (including phenoxy) is 1. The molecular weight excluding hydrogens is 553 g/mol. The van der Waals surface area contributed by atoms with Gasteiger partial charge in [-0.05, 0) is 86.4 Å². The third kappa shape index (κ3) is 11.0. The van der Waals surface area contributed by atoms with E-state index in [0.717, 1.165) is 54.0 Å². The summed E-state index contributed by atoms with van der Waals surface area (Å²) in [5.74, 6) is 3.05. The van der Waals surface area contributed by atoms with E-state index in [1.165, 1.54) is 31.2 Å². The topological polar surface area (TPSA) is 64.4 Å². The van der Waals surface area contributed by atoms with E-state index in [1.54, 1.807) is 18.1 Å². The van der Waals surface area contributed by atoms with Gasteiger partial charge < -0.3 is 9.64 Å². The lowest BCUT2D eigenvalue weighted by Crippen LogP contribution is -2.33. The maximum absolute atomic E-state index is 13.2. The summed E-state index contributed by atoms with van der Waals surface area (Å²) in [5.41, 5.74) is 4.97. The number of aryl methyl sites for hydroxylation is 2. The smallest absolute Gasteiger partial charge is 0.274 e. The van der Waals surface area contributed by atoms with Gasteiger partial charge in [0.1, 0.15) is 11.6 Å². The van der Waals surface area contributed by atoms with Gasteiger partial charge in [-0.3, -0.25) is 9.59 Å². The minimum absolute atomic E-state index is 0.0417. The quantitative estimate of drug-likeness (QED) is 0.112. The third-order valence-electron chi connectivity index (χ3n) is 6.53. The van der Waals surface area contributed by atoms with Crippen molar-refractivity contribution in [1.29, 1.82) is 0 Å². The van der Waals surface area contributed by atoms with E-state index in [-0.39, 0.29) is 17.5 Å². The maximum atomic E-state index is 13.2. The summed E-state index contributed by atoms with van der Waals surface area (Å²) in [4.78, 5) is 25.7. The molecule has 1 aromatic heterocycles. The Bertz CT molecular complexity index is 1410. The van der Waals surface area contributed by atoms with Crippen LogP contribution in [0, 0.1) is 18.2 Å². The SMILES string of the molecule is C#CCCN(CCC)C(=O)c1cc(CCC)n(/C(=C\C=C)c2ccc(OC)c(CC)c2)n1.CC.CC(=O)c1ccc(F)cc1. The Labute approximate surface area is 263 Å². The molecule has 0 saturated heterocycles. The van der Waals surface area contributed by atoms with E-state index in [0.29, 0.717) is 30.8 Å². The number of benzene rings is 2. The molecule has 3 aromatic rings. The van der Waals surface area contributed by atoms with Crippen molar-refractivity contribution in [3.63, 3.8) is 0 Å². The zero-order chi connectivity index (χ0) is 33.1. The zero-order valence-electron chi connectivity index (χ0n) is 27.5. The lowest BCUT2D eigenvalue weighted by atomic mass is 10.0. The number of carbonyl (C=O) groups excluding carboxylic acids is 2. The molecule has 0 atom stereocenters. The molecule has 0 aliphatic rings. The number of aromatic nitrogens is 2. The lowest BCUT2D eigenvalue weighted by Gasteiger charge is -2.19. The average molecular weight is 602 g/mol. The molecule has 0 radical (unpaired) electrons. The van der Waals surface area contributed by atoms with E-state index in [2.05, 4.69) is 39.3 Å². The number of terminal acetylenes is 1. The van der Waals surface area contributed by atoms with Crippen LogP contribution in [0.3, 0.4) is 0 Å². The minimum atomic E-state index is -0.315. The van der Waals surface area contributed by atoms with E-state index in [1.807, 2.05) is 42.8 Å². The largest absolute Gasteiger partial charge is 0.496 e. The van der Waals surface area contributed by atoms with Crippen molar-refractivity contribution < 1.29 is 18.7 Å². The van der Waals surface area contributed by atoms with Crippen molar-refractivity contribution in [3.05, 3.63) is 101 Å². The monoisotopic (exact) mass is 601 g/mol. The summed E-state index contributed by atoms with van der Waals surface area (Å²) in [6.07, 6.45) is 13.1. The van der Waals surface area contributed by atoms with Crippen molar-refractivity contribution in [3.8, 4) is 18.1 Å². The molecule has 1 heterocycles. The summed E-state index contributed by atoms with van der Waals surface area (Å²) >= 11 is 0. The molecule has 0 fully saturated rings. The normalized spacial score (nSPS) is 10.4. The van der Waals surface area contributed by atoms with E-state index in [9.17, 15) is 14.0 Å². The van der Waals surface area contributed by atoms with Gasteiger partial charge in [-0.15, -0.1) is 12.3 Å². The van der Waals surface area contributed by atoms with Crippen LogP contribution in [-0.2, 0) is 12.8 Å². The Morgan fingerprint density at radius 1 is 1.05 bits per heavy atom. The van der Waals surface area contributed by atoms with Gasteiger partial charge in [0.25, 0.3) is 5.91 Å². The van der Waals surface area contributed by atoms with E-state index < -0.39 is 0 Å². The van der Waals surface area contributed by atoms with Crippen LogP contribution in [0.1, 0.15) is 98.5 Å². The Balaban J connectivity index is 0.000000675. The first-order valence-corrected chi connectivity index (χ1v) is 15.3. The number of Topliss-reactive ketones (excluding diaryl/α,β-unsaturated/α-hetero) is 1. The summed E-state index contributed by atoms with van der Waals surface area (Å²) in [6, 6.07) is 13.5. The molecule has 0 spiro atoms. The highest BCUT2D eigenvalue weighted by Gasteiger charge is 2.21. The van der Waals surface area contributed by atoms with Gasteiger partial charge in [-0.2, -0.15) is 5.10 Å². The molecule has 236 valence electrons. The fourth-order valence-electron chi connectivity index (χ4n) is 4.41. The molecule has 0 N–H and O–H groups in total. The fraction of sp³-hybridized carbons (Fsp3) is 0.378. The summed E-state index contributed by atoms with van der Waals surface area (Å²) in [6.45, 7) is 16.8. The Kier molecular flexibility index (Phi) is 17.5. The number of allylic oxidation sites excluding steroid dienone is 2. The Morgan fingerprint density at radius 3 is 2.23 bits per heavy atom. The molecule has 0 unspecified atom stereocenters. The fourth-order valence-corrected chi connectivity index (χ4v) is 4.41. The number of ketones is 1. The number of hydrogen-bond donors (Lipinski definition) is 0. The number of methoxy groups -OCH3 is 1. The summed E-state index contributed by atoms with van der Waals surface area (Å²) in [5, 5.41) is 4.76. The number of hydrogen-bond acceptors (Lipinski definition) is 4. The van der Waals surface area contributed by atoms with Crippen LogP contribution < -0.4 is 4.74 Å². The Morgan fingerprint density at radius 2 is 1.70 bits per heavy atom. The van der Waals surface area contributed by atoms with Crippen molar-refractivity contribution in [2.24, 2.45) is 0 Å². The lowest BCUT2D eigenvalue weighted by molar-refractivity contribution is 0.0752. The van der Waals surface area contributed by atoms with E-state index in [4.69, 9.17) is 16.3 Å². The highest BCUT2D eigenvalue weighted by atomic mass is 19.1. The van der Waals surface area contributed by atoms with Crippen LogP contribution >= 0.6 is 0 Å². The first kappa shape index (κ1) is 37.6. The molecule has 0 aliphatic carbocycles. The van der Waals surface area contributed by atoms with Crippen LogP contribution in [0.2, 0.25) is 0 Å². The highest BCUT2D eigenvalue weighted by Crippen LogP contribution is 2.27. The van der Waals surface area contributed by atoms with Crippen molar-refractivity contribution >= 4 is 17.4 Å². The predicted octanol–water partition coefficient (Wildman–Crippen LogP) is 8.41. The first-order chi connectivity index (χ1) is 21.2. The number of rotatable bonds is 13. The molecule has 7 heteroatoms. The zero-order valence-corrected chi connectivity index (χ0v) is 27.5. The van der Waals surface area contributed by atoms with Crippen molar-refractivity contribution in [2.75, 3.05) is 20.2 Å². The first-order valence-electron chi connectivity index (χ1n) is 15.3. The summed E-state index contributed by atoms with van der Waals surface area (Å²) in [7, 11) is 1.68. The molecule has 3 rings (SSSR count). The minimum Gasteiger partial charge on any atom is -0.496 e. The van der Waals surface area contributed by atoms with Gasteiger partial charge in [0.15, 0.2) is 11.5 Å². The van der Waals surface area contributed by atoms with Gasteiger partial charge in [-0.1, -0.05) is 53.7 Å². The molecule has 0 saturated carbocycles.